The Hall–Kier alpha value is -1.07. The van der Waals surface area contributed by atoms with Gasteiger partial charge in [0.05, 0.1) is 0 Å². The highest BCUT2D eigenvalue weighted by molar-refractivity contribution is 5.23. The molecule has 1 aromatic carbocycles. The summed E-state index contributed by atoms with van der Waals surface area (Å²) < 4.78 is 39.1. The lowest BCUT2D eigenvalue weighted by molar-refractivity contribution is 0.366. The van der Waals surface area contributed by atoms with Gasteiger partial charge in [-0.1, -0.05) is 12.8 Å². The number of nitrogens with two attached hydrogens (primary N) is 1. The quantitative estimate of drug-likeness (QED) is 0.487. The smallest absolute Gasteiger partial charge is 0.194 e. The number of hydrazine groups is 1. The highest BCUT2D eigenvalue weighted by Crippen LogP contribution is 2.35. The van der Waals surface area contributed by atoms with Gasteiger partial charge in [-0.15, -0.1) is 0 Å². The number of hydrogen-bond acceptors (Lipinski definition) is 2. The second-order valence-corrected chi connectivity index (χ2v) is 4.49. The summed E-state index contributed by atoms with van der Waals surface area (Å²) in [5.74, 6) is 1.92. The van der Waals surface area contributed by atoms with Gasteiger partial charge in [0.1, 0.15) is 0 Å². The van der Waals surface area contributed by atoms with Gasteiger partial charge < -0.3 is 0 Å². The Labute approximate surface area is 98.0 Å². The van der Waals surface area contributed by atoms with Gasteiger partial charge >= 0.3 is 0 Å². The third-order valence-corrected chi connectivity index (χ3v) is 3.42. The van der Waals surface area contributed by atoms with Gasteiger partial charge in [0.2, 0.25) is 0 Å². The minimum atomic E-state index is -1.43. The summed E-state index contributed by atoms with van der Waals surface area (Å²) in [6, 6.07) is 1.71. The molecule has 1 saturated carbocycles. The van der Waals surface area contributed by atoms with Gasteiger partial charge in [0, 0.05) is 6.04 Å². The summed E-state index contributed by atoms with van der Waals surface area (Å²) in [6.07, 6.45) is 4.12. The Morgan fingerprint density at radius 3 is 2.12 bits per heavy atom. The molecule has 1 fully saturated rings. The second-order valence-electron chi connectivity index (χ2n) is 4.49. The molecule has 0 heterocycles. The first kappa shape index (κ1) is 12.4. The lowest BCUT2D eigenvalue weighted by Crippen LogP contribution is -2.32. The van der Waals surface area contributed by atoms with Gasteiger partial charge in [0.15, 0.2) is 17.5 Å². The van der Waals surface area contributed by atoms with Crippen molar-refractivity contribution in [1.82, 2.24) is 5.43 Å². The highest BCUT2D eigenvalue weighted by atomic mass is 19.2. The van der Waals surface area contributed by atoms with Gasteiger partial charge in [-0.25, -0.2) is 13.2 Å². The van der Waals surface area contributed by atoms with Crippen LogP contribution in [0.2, 0.25) is 0 Å². The lowest BCUT2D eigenvalue weighted by Gasteiger charge is -2.23. The van der Waals surface area contributed by atoms with E-state index in [1.807, 2.05) is 0 Å². The van der Waals surface area contributed by atoms with Gasteiger partial charge in [-0.05, 0) is 36.5 Å². The van der Waals surface area contributed by atoms with Crippen molar-refractivity contribution in [1.29, 1.82) is 0 Å². The maximum Gasteiger partial charge on any atom is 0.194 e. The molecular formula is C12H15F3N2. The Morgan fingerprint density at radius 2 is 1.65 bits per heavy atom. The molecule has 1 atom stereocenters. The van der Waals surface area contributed by atoms with Crippen molar-refractivity contribution in [2.45, 2.75) is 31.7 Å². The molecule has 0 aromatic heterocycles. The first-order chi connectivity index (χ1) is 8.13. The van der Waals surface area contributed by atoms with Gasteiger partial charge in [0.25, 0.3) is 0 Å². The van der Waals surface area contributed by atoms with Crippen molar-refractivity contribution in [3.63, 3.8) is 0 Å². The molecule has 2 rings (SSSR count). The first-order valence-electron chi connectivity index (χ1n) is 5.74. The number of nitrogens with one attached hydrogen (secondary N) is 1. The summed E-state index contributed by atoms with van der Waals surface area (Å²) in [5, 5.41) is 0. The van der Waals surface area contributed by atoms with Crippen LogP contribution < -0.4 is 11.3 Å². The van der Waals surface area contributed by atoms with E-state index < -0.39 is 17.5 Å². The Kier molecular flexibility index (Phi) is 3.69. The van der Waals surface area contributed by atoms with Crippen LogP contribution in [0.1, 0.15) is 37.3 Å². The van der Waals surface area contributed by atoms with Gasteiger partial charge in [-0.2, -0.15) is 0 Å². The highest BCUT2D eigenvalue weighted by Gasteiger charge is 2.27. The number of benzene rings is 1. The van der Waals surface area contributed by atoms with E-state index in [0.29, 0.717) is 5.56 Å². The molecule has 17 heavy (non-hydrogen) atoms. The summed E-state index contributed by atoms with van der Waals surface area (Å²) in [5.41, 5.74) is 2.95. The number of hydrogen-bond donors (Lipinski definition) is 2. The first-order valence-corrected chi connectivity index (χ1v) is 5.74. The average Bonchev–Trinajstić information content (AvgIpc) is 2.80. The SMILES string of the molecule is NNC(c1cc(F)c(F)c(F)c1)C1CCCC1. The minimum Gasteiger partial charge on any atom is -0.271 e. The maximum absolute atomic E-state index is 13.1. The van der Waals surface area contributed by atoms with Crippen LogP contribution in [0.4, 0.5) is 13.2 Å². The summed E-state index contributed by atoms with van der Waals surface area (Å²) >= 11 is 0. The Bertz CT molecular complexity index is 380. The molecule has 94 valence electrons. The van der Waals surface area contributed by atoms with Gasteiger partial charge in [-0.3, -0.25) is 11.3 Å². The van der Waals surface area contributed by atoms with Crippen LogP contribution in [-0.2, 0) is 0 Å². The maximum atomic E-state index is 13.1. The molecule has 5 heteroatoms. The van der Waals surface area contributed by atoms with Crippen molar-refractivity contribution in [2.75, 3.05) is 0 Å². The van der Waals surface area contributed by atoms with Crippen molar-refractivity contribution in [2.24, 2.45) is 11.8 Å². The molecule has 0 bridgehead atoms. The van der Waals surface area contributed by atoms with E-state index in [1.54, 1.807) is 0 Å². The van der Waals surface area contributed by atoms with Crippen LogP contribution in [0.15, 0.2) is 12.1 Å². The fourth-order valence-electron chi connectivity index (χ4n) is 2.55. The predicted molar refractivity (Wildman–Crippen MR) is 58.3 cm³/mol. The average molecular weight is 244 g/mol. The molecule has 0 spiro atoms. The molecule has 1 unspecified atom stereocenters. The van der Waals surface area contributed by atoms with Crippen LogP contribution >= 0.6 is 0 Å². The summed E-state index contributed by atoms with van der Waals surface area (Å²) in [6.45, 7) is 0. The molecule has 0 aliphatic heterocycles. The monoisotopic (exact) mass is 244 g/mol. The zero-order valence-corrected chi connectivity index (χ0v) is 9.35. The van der Waals surface area contributed by atoms with E-state index in [2.05, 4.69) is 5.43 Å². The Morgan fingerprint density at radius 1 is 1.12 bits per heavy atom. The van der Waals surface area contributed by atoms with Crippen molar-refractivity contribution in [3.05, 3.63) is 35.1 Å². The zero-order chi connectivity index (χ0) is 12.4. The fourth-order valence-corrected chi connectivity index (χ4v) is 2.55. The molecular weight excluding hydrogens is 229 g/mol. The normalized spacial score (nSPS) is 18.6. The standard InChI is InChI=1S/C12H15F3N2/c13-9-5-8(6-10(14)11(9)15)12(17-16)7-3-1-2-4-7/h5-7,12,17H,1-4,16H2. The zero-order valence-electron chi connectivity index (χ0n) is 9.35. The predicted octanol–water partition coefficient (Wildman–Crippen LogP) is 2.80. The lowest BCUT2D eigenvalue weighted by atomic mass is 9.92. The fraction of sp³-hybridized carbons (Fsp3) is 0.500. The molecule has 1 aromatic rings. The largest absolute Gasteiger partial charge is 0.271 e. The molecule has 1 aliphatic rings. The minimum absolute atomic E-state index is 0.254. The third kappa shape index (κ3) is 2.45. The van der Waals surface area contributed by atoms with Crippen molar-refractivity contribution < 1.29 is 13.2 Å². The molecule has 2 nitrogen and oxygen atoms in total. The third-order valence-electron chi connectivity index (χ3n) is 3.42. The van der Waals surface area contributed by atoms with Crippen molar-refractivity contribution in [3.8, 4) is 0 Å². The van der Waals surface area contributed by atoms with E-state index in [4.69, 9.17) is 5.84 Å². The molecule has 1 aliphatic carbocycles. The Balaban J connectivity index is 2.30. The van der Waals surface area contributed by atoms with E-state index in [-0.39, 0.29) is 12.0 Å². The van der Waals surface area contributed by atoms with E-state index in [1.165, 1.54) is 0 Å². The molecule has 0 saturated heterocycles. The van der Waals surface area contributed by atoms with E-state index in [0.717, 1.165) is 37.8 Å². The van der Waals surface area contributed by atoms with E-state index in [9.17, 15) is 13.2 Å². The van der Waals surface area contributed by atoms with Crippen LogP contribution in [0.5, 0.6) is 0 Å². The van der Waals surface area contributed by atoms with E-state index >= 15 is 0 Å². The number of rotatable bonds is 3. The van der Waals surface area contributed by atoms with Crippen LogP contribution in [-0.4, -0.2) is 0 Å². The molecule has 0 amide bonds. The molecule has 0 radical (unpaired) electrons. The van der Waals surface area contributed by atoms with Crippen molar-refractivity contribution >= 4 is 0 Å². The number of halogens is 3. The van der Waals surface area contributed by atoms with Crippen LogP contribution in [0.25, 0.3) is 0 Å². The van der Waals surface area contributed by atoms with Crippen LogP contribution in [0, 0.1) is 23.4 Å². The topological polar surface area (TPSA) is 38.0 Å². The second kappa shape index (κ2) is 5.06. The molecule has 3 N–H and O–H groups in total. The summed E-state index contributed by atoms with van der Waals surface area (Å²) in [4.78, 5) is 0. The van der Waals surface area contributed by atoms with Crippen LogP contribution in [0.3, 0.4) is 0 Å². The summed E-state index contributed by atoms with van der Waals surface area (Å²) in [7, 11) is 0.